The Morgan fingerprint density at radius 1 is 1.00 bits per heavy atom. The fourth-order valence-electron chi connectivity index (χ4n) is 2.30. The van der Waals surface area contributed by atoms with E-state index in [-0.39, 0.29) is 11.1 Å². The molecule has 0 amide bonds. The van der Waals surface area contributed by atoms with E-state index in [1.807, 2.05) is 0 Å². The second-order valence-corrected chi connectivity index (χ2v) is 6.92. The van der Waals surface area contributed by atoms with Crippen LogP contribution in [0.2, 0.25) is 0 Å². The molecule has 4 heteroatoms. The number of nitrogens with two attached hydrogens (primary N) is 1. The lowest BCUT2D eigenvalue weighted by Crippen LogP contribution is -2.38. The molecular formula is C13H24N4. The molecule has 0 saturated heterocycles. The van der Waals surface area contributed by atoms with E-state index in [2.05, 4.69) is 56.2 Å². The molecule has 1 aromatic rings. The van der Waals surface area contributed by atoms with Crippen LogP contribution in [0.3, 0.4) is 0 Å². The van der Waals surface area contributed by atoms with Gasteiger partial charge in [0.25, 0.3) is 0 Å². The van der Waals surface area contributed by atoms with Gasteiger partial charge in [-0.25, -0.2) is 0 Å². The lowest BCUT2D eigenvalue weighted by molar-refractivity contribution is 0.131. The summed E-state index contributed by atoms with van der Waals surface area (Å²) < 4.78 is 2.09. The molecule has 2 rings (SSSR count). The second-order valence-electron chi connectivity index (χ2n) is 6.92. The predicted molar refractivity (Wildman–Crippen MR) is 70.6 cm³/mol. The van der Waals surface area contributed by atoms with Crippen LogP contribution in [0.4, 0.5) is 5.82 Å². The molecule has 0 aromatic carbocycles. The molecule has 96 valence electrons. The van der Waals surface area contributed by atoms with Crippen molar-refractivity contribution in [3.8, 4) is 0 Å². The summed E-state index contributed by atoms with van der Waals surface area (Å²) in [6.45, 7) is 15.1. The Balaban J connectivity index is 2.40. The van der Waals surface area contributed by atoms with Gasteiger partial charge in [-0.2, -0.15) is 5.10 Å². The normalized spacial score (nSPS) is 17.5. The first kappa shape index (κ1) is 12.4. The zero-order valence-corrected chi connectivity index (χ0v) is 11.8. The van der Waals surface area contributed by atoms with Gasteiger partial charge < -0.3 is 5.73 Å². The van der Waals surface area contributed by atoms with E-state index in [1.54, 1.807) is 0 Å². The van der Waals surface area contributed by atoms with Crippen LogP contribution in [0.5, 0.6) is 0 Å². The smallest absolute Gasteiger partial charge is 0.150 e. The zero-order chi connectivity index (χ0) is 13.0. The van der Waals surface area contributed by atoms with E-state index in [9.17, 15) is 0 Å². The van der Waals surface area contributed by atoms with Gasteiger partial charge in [-0.15, -0.1) is 0 Å². The Morgan fingerprint density at radius 2 is 1.59 bits per heavy atom. The average Bonchev–Trinajstić information content (AvgIpc) is 2.63. The lowest BCUT2D eigenvalue weighted by atomic mass is 10.1. The predicted octanol–water partition coefficient (Wildman–Crippen LogP) is 2.33. The first-order chi connectivity index (χ1) is 7.60. The molecule has 0 saturated carbocycles. The van der Waals surface area contributed by atoms with Crippen molar-refractivity contribution in [1.29, 1.82) is 0 Å². The van der Waals surface area contributed by atoms with Crippen molar-refractivity contribution in [2.24, 2.45) is 0 Å². The fourth-order valence-corrected chi connectivity index (χ4v) is 2.30. The number of hydrogen-bond acceptors (Lipinski definition) is 3. The van der Waals surface area contributed by atoms with Crippen LogP contribution < -0.4 is 5.73 Å². The van der Waals surface area contributed by atoms with E-state index in [4.69, 9.17) is 5.73 Å². The highest BCUT2D eigenvalue weighted by atomic mass is 15.4. The minimum Gasteiger partial charge on any atom is -0.382 e. The molecule has 4 nitrogen and oxygen atoms in total. The summed E-state index contributed by atoms with van der Waals surface area (Å²) in [7, 11) is 0. The van der Waals surface area contributed by atoms with Crippen LogP contribution in [0.15, 0.2) is 0 Å². The molecule has 17 heavy (non-hydrogen) atoms. The average molecular weight is 236 g/mol. The number of fused-ring (bicyclic) bond motifs is 1. The number of hydrogen-bond donors (Lipinski definition) is 1. The summed E-state index contributed by atoms with van der Waals surface area (Å²) in [5, 5.41) is 4.49. The molecule has 0 atom stereocenters. The van der Waals surface area contributed by atoms with Gasteiger partial charge >= 0.3 is 0 Å². The molecule has 2 N–H and O–H groups in total. The number of nitrogen functional groups attached to an aromatic ring is 1. The van der Waals surface area contributed by atoms with Crippen molar-refractivity contribution in [3.63, 3.8) is 0 Å². The highest BCUT2D eigenvalue weighted by Gasteiger charge is 2.35. The van der Waals surface area contributed by atoms with E-state index in [0.717, 1.165) is 13.1 Å². The Kier molecular flexibility index (Phi) is 2.54. The second kappa shape index (κ2) is 3.48. The quantitative estimate of drug-likeness (QED) is 0.752. The van der Waals surface area contributed by atoms with Gasteiger partial charge in [-0.3, -0.25) is 9.58 Å². The third-order valence-electron chi connectivity index (χ3n) is 3.39. The van der Waals surface area contributed by atoms with Gasteiger partial charge in [-0.05, 0) is 41.5 Å². The number of rotatable bonds is 0. The Morgan fingerprint density at radius 3 is 2.06 bits per heavy atom. The number of aromatic nitrogens is 2. The first-order valence-electron chi connectivity index (χ1n) is 6.22. The van der Waals surface area contributed by atoms with Crippen molar-refractivity contribution in [1.82, 2.24) is 14.7 Å². The van der Waals surface area contributed by atoms with Gasteiger partial charge in [0.2, 0.25) is 0 Å². The molecule has 2 heterocycles. The van der Waals surface area contributed by atoms with Crippen molar-refractivity contribution in [3.05, 3.63) is 11.3 Å². The summed E-state index contributed by atoms with van der Waals surface area (Å²) in [4.78, 5) is 2.44. The third kappa shape index (κ3) is 2.06. The van der Waals surface area contributed by atoms with Crippen LogP contribution in [-0.4, -0.2) is 20.2 Å². The summed E-state index contributed by atoms with van der Waals surface area (Å²) in [5.74, 6) is 0.696. The lowest BCUT2D eigenvalue weighted by Gasteiger charge is -2.32. The molecule has 0 bridgehead atoms. The zero-order valence-electron chi connectivity index (χ0n) is 11.8. The van der Waals surface area contributed by atoms with Crippen LogP contribution in [0.1, 0.15) is 52.8 Å². The minimum atomic E-state index is -0.00437. The monoisotopic (exact) mass is 236 g/mol. The third-order valence-corrected chi connectivity index (χ3v) is 3.39. The standard InChI is InChI=1S/C13H24N4/c1-12(2,3)16-7-9-10(8-16)17(13(4,5)6)15-11(9)14/h7-8H2,1-6H3,(H2,14,15). The molecule has 0 aliphatic carbocycles. The van der Waals surface area contributed by atoms with Crippen LogP contribution in [0.25, 0.3) is 0 Å². The first-order valence-corrected chi connectivity index (χ1v) is 6.22. The van der Waals surface area contributed by atoms with Crippen LogP contribution >= 0.6 is 0 Å². The minimum absolute atomic E-state index is 0.00437. The topological polar surface area (TPSA) is 47.1 Å². The molecule has 0 radical (unpaired) electrons. The Bertz CT molecular complexity index is 431. The molecule has 0 spiro atoms. The van der Waals surface area contributed by atoms with Crippen molar-refractivity contribution in [2.75, 3.05) is 5.73 Å². The van der Waals surface area contributed by atoms with E-state index >= 15 is 0 Å². The van der Waals surface area contributed by atoms with E-state index < -0.39 is 0 Å². The SMILES string of the molecule is CC(C)(C)N1Cc2c(N)nn(C(C)(C)C)c2C1. The molecule has 0 fully saturated rings. The highest BCUT2D eigenvalue weighted by molar-refractivity contribution is 5.45. The molecule has 1 aromatic heterocycles. The van der Waals surface area contributed by atoms with Crippen molar-refractivity contribution >= 4 is 5.82 Å². The van der Waals surface area contributed by atoms with E-state index in [0.29, 0.717) is 5.82 Å². The van der Waals surface area contributed by atoms with Crippen LogP contribution in [-0.2, 0) is 18.6 Å². The largest absolute Gasteiger partial charge is 0.382 e. The van der Waals surface area contributed by atoms with Gasteiger partial charge in [0, 0.05) is 24.2 Å². The van der Waals surface area contributed by atoms with Gasteiger partial charge in [0.05, 0.1) is 11.2 Å². The molecule has 1 aliphatic heterocycles. The maximum Gasteiger partial charge on any atom is 0.150 e. The molecule has 0 unspecified atom stereocenters. The van der Waals surface area contributed by atoms with Gasteiger partial charge in [-0.1, -0.05) is 0 Å². The number of nitrogens with zero attached hydrogens (tertiary/aromatic N) is 3. The van der Waals surface area contributed by atoms with Crippen molar-refractivity contribution in [2.45, 2.75) is 65.7 Å². The maximum absolute atomic E-state index is 6.04. The summed E-state index contributed by atoms with van der Waals surface area (Å²) >= 11 is 0. The fraction of sp³-hybridized carbons (Fsp3) is 0.769. The number of anilines is 1. The van der Waals surface area contributed by atoms with Gasteiger partial charge in [0.15, 0.2) is 0 Å². The summed E-state index contributed by atoms with van der Waals surface area (Å²) in [5.41, 5.74) is 8.71. The Labute approximate surface area is 104 Å². The summed E-state index contributed by atoms with van der Waals surface area (Å²) in [6, 6.07) is 0. The maximum atomic E-state index is 6.04. The Hall–Kier alpha value is -1.03. The van der Waals surface area contributed by atoms with Gasteiger partial charge in [0.1, 0.15) is 5.82 Å². The van der Waals surface area contributed by atoms with Crippen LogP contribution in [0, 0.1) is 0 Å². The summed E-state index contributed by atoms with van der Waals surface area (Å²) in [6.07, 6.45) is 0. The van der Waals surface area contributed by atoms with E-state index in [1.165, 1.54) is 11.3 Å². The molecule has 1 aliphatic rings. The molecular weight excluding hydrogens is 212 g/mol. The highest BCUT2D eigenvalue weighted by Crippen LogP contribution is 2.34. The van der Waals surface area contributed by atoms with Crippen molar-refractivity contribution < 1.29 is 0 Å².